The standard InChI is InChI=1S/C24H29FN4O3S/c25-17-5-1-4-16(14-17)24(32)29-12-3-11-28(21(30)15-20-6-2-13-33-20)23(29)22(31)27-19-9-7-18(26)8-10-19/h1-2,4-6,13-14,18-19,23H,3,7-12,15,26H2,(H,27,31). The number of carbonyl (C=O) groups excluding carboxylic acids is 3. The van der Waals surface area contributed by atoms with Gasteiger partial charge in [-0.05, 0) is 61.7 Å². The number of thiophene rings is 1. The molecule has 1 saturated carbocycles. The monoisotopic (exact) mass is 472 g/mol. The van der Waals surface area contributed by atoms with Crippen LogP contribution in [0.2, 0.25) is 0 Å². The van der Waals surface area contributed by atoms with Gasteiger partial charge in [0.15, 0.2) is 6.17 Å². The summed E-state index contributed by atoms with van der Waals surface area (Å²) in [7, 11) is 0. The van der Waals surface area contributed by atoms with Gasteiger partial charge in [0, 0.05) is 35.6 Å². The molecule has 3 N–H and O–H groups in total. The minimum atomic E-state index is -1.07. The normalized spacial score (nSPS) is 23.3. The van der Waals surface area contributed by atoms with Crippen molar-refractivity contribution < 1.29 is 18.8 Å². The Morgan fingerprint density at radius 1 is 1.06 bits per heavy atom. The highest BCUT2D eigenvalue weighted by molar-refractivity contribution is 7.10. The molecule has 1 atom stereocenters. The lowest BCUT2D eigenvalue weighted by Gasteiger charge is -2.43. The fourth-order valence-electron chi connectivity index (χ4n) is 4.57. The van der Waals surface area contributed by atoms with Crippen LogP contribution in [0, 0.1) is 5.82 Å². The van der Waals surface area contributed by atoms with Gasteiger partial charge in [-0.3, -0.25) is 14.4 Å². The third-order valence-corrected chi connectivity index (χ3v) is 7.18. The second kappa shape index (κ2) is 10.4. The van der Waals surface area contributed by atoms with E-state index in [2.05, 4.69) is 5.32 Å². The average molecular weight is 473 g/mol. The van der Waals surface area contributed by atoms with Gasteiger partial charge in [0.05, 0.1) is 6.42 Å². The molecule has 1 aliphatic heterocycles. The van der Waals surface area contributed by atoms with Gasteiger partial charge in [-0.15, -0.1) is 11.3 Å². The third-order valence-electron chi connectivity index (χ3n) is 6.30. The number of benzene rings is 1. The van der Waals surface area contributed by atoms with Gasteiger partial charge < -0.3 is 20.9 Å². The van der Waals surface area contributed by atoms with Gasteiger partial charge in [-0.25, -0.2) is 4.39 Å². The van der Waals surface area contributed by atoms with Crippen LogP contribution >= 0.6 is 11.3 Å². The number of nitrogens with zero attached hydrogens (tertiary/aromatic N) is 2. The Labute approximate surface area is 196 Å². The summed E-state index contributed by atoms with van der Waals surface area (Å²) < 4.78 is 13.8. The predicted octanol–water partition coefficient (Wildman–Crippen LogP) is 2.52. The Hall–Kier alpha value is -2.78. The van der Waals surface area contributed by atoms with Crippen molar-refractivity contribution in [3.8, 4) is 0 Å². The van der Waals surface area contributed by atoms with Crippen LogP contribution < -0.4 is 11.1 Å². The van der Waals surface area contributed by atoms with Gasteiger partial charge in [0.2, 0.25) is 5.91 Å². The van der Waals surface area contributed by atoms with Gasteiger partial charge in [0.25, 0.3) is 11.8 Å². The third kappa shape index (κ3) is 5.59. The van der Waals surface area contributed by atoms with Crippen molar-refractivity contribution in [1.82, 2.24) is 15.1 Å². The maximum absolute atomic E-state index is 13.8. The van der Waals surface area contributed by atoms with Crippen LogP contribution in [0.1, 0.15) is 47.3 Å². The van der Waals surface area contributed by atoms with Crippen molar-refractivity contribution in [3.63, 3.8) is 0 Å². The van der Waals surface area contributed by atoms with E-state index in [1.807, 2.05) is 17.5 Å². The summed E-state index contributed by atoms with van der Waals surface area (Å²) in [4.78, 5) is 43.8. The molecule has 33 heavy (non-hydrogen) atoms. The van der Waals surface area contributed by atoms with Crippen LogP contribution in [-0.2, 0) is 16.0 Å². The Bertz CT molecular complexity index is 991. The van der Waals surface area contributed by atoms with Gasteiger partial charge in [-0.1, -0.05) is 12.1 Å². The van der Waals surface area contributed by atoms with Crippen molar-refractivity contribution >= 4 is 29.1 Å². The van der Waals surface area contributed by atoms with Crippen LogP contribution in [0.15, 0.2) is 41.8 Å². The fourth-order valence-corrected chi connectivity index (χ4v) is 5.27. The molecule has 1 aromatic carbocycles. The van der Waals surface area contributed by atoms with E-state index in [-0.39, 0.29) is 35.9 Å². The lowest BCUT2D eigenvalue weighted by Crippen LogP contribution is -2.64. The van der Waals surface area contributed by atoms with E-state index in [4.69, 9.17) is 5.73 Å². The minimum absolute atomic E-state index is 0.0420. The molecule has 9 heteroatoms. The summed E-state index contributed by atoms with van der Waals surface area (Å²) in [5, 5.41) is 4.95. The highest BCUT2D eigenvalue weighted by atomic mass is 32.1. The summed E-state index contributed by atoms with van der Waals surface area (Å²) in [6.45, 7) is 0.691. The maximum Gasteiger partial charge on any atom is 0.264 e. The van der Waals surface area contributed by atoms with Crippen LogP contribution in [0.4, 0.5) is 4.39 Å². The number of carbonyl (C=O) groups is 3. The molecule has 7 nitrogen and oxygen atoms in total. The summed E-state index contributed by atoms with van der Waals surface area (Å²) in [6.07, 6.45) is 2.81. The van der Waals surface area contributed by atoms with E-state index >= 15 is 0 Å². The number of rotatable bonds is 5. The topological polar surface area (TPSA) is 95.7 Å². The molecule has 1 aromatic heterocycles. The Balaban J connectivity index is 1.58. The predicted molar refractivity (Wildman–Crippen MR) is 124 cm³/mol. The summed E-state index contributed by atoms with van der Waals surface area (Å²) >= 11 is 1.48. The van der Waals surface area contributed by atoms with Crippen LogP contribution in [0.5, 0.6) is 0 Å². The first-order valence-corrected chi connectivity index (χ1v) is 12.2. The Morgan fingerprint density at radius 2 is 1.82 bits per heavy atom. The van der Waals surface area contributed by atoms with E-state index < -0.39 is 17.9 Å². The largest absolute Gasteiger partial charge is 0.350 e. The molecule has 2 aliphatic rings. The molecule has 2 heterocycles. The number of halogens is 1. The average Bonchev–Trinajstić information content (AvgIpc) is 3.32. The first-order chi connectivity index (χ1) is 15.9. The number of amides is 3. The molecular formula is C24H29FN4O3S. The molecule has 2 aromatic rings. The molecule has 2 fully saturated rings. The van der Waals surface area contributed by atoms with E-state index in [9.17, 15) is 18.8 Å². The zero-order valence-corrected chi connectivity index (χ0v) is 19.2. The van der Waals surface area contributed by atoms with Crippen molar-refractivity contribution in [1.29, 1.82) is 0 Å². The summed E-state index contributed by atoms with van der Waals surface area (Å²) in [5.41, 5.74) is 6.14. The number of nitrogens with two attached hydrogens (primary N) is 1. The van der Waals surface area contributed by atoms with Gasteiger partial charge in [0.1, 0.15) is 5.82 Å². The second-order valence-electron chi connectivity index (χ2n) is 8.70. The molecule has 0 radical (unpaired) electrons. The molecule has 0 spiro atoms. The van der Waals surface area contributed by atoms with Crippen LogP contribution in [0.25, 0.3) is 0 Å². The van der Waals surface area contributed by atoms with Crippen molar-refractivity contribution in [2.75, 3.05) is 13.1 Å². The van der Waals surface area contributed by atoms with E-state index in [1.54, 1.807) is 0 Å². The molecule has 1 aliphatic carbocycles. The Morgan fingerprint density at radius 3 is 2.52 bits per heavy atom. The zero-order valence-electron chi connectivity index (χ0n) is 18.4. The summed E-state index contributed by atoms with van der Waals surface area (Å²) in [5.74, 6) is -1.57. The Kier molecular flexibility index (Phi) is 7.39. The zero-order chi connectivity index (χ0) is 23.4. The first-order valence-electron chi connectivity index (χ1n) is 11.4. The van der Waals surface area contributed by atoms with Crippen molar-refractivity contribution in [2.45, 2.75) is 56.8 Å². The molecule has 1 unspecified atom stereocenters. The van der Waals surface area contributed by atoms with Gasteiger partial charge in [-0.2, -0.15) is 0 Å². The molecule has 4 rings (SSSR count). The lowest BCUT2D eigenvalue weighted by molar-refractivity contribution is -0.149. The number of hydrogen-bond acceptors (Lipinski definition) is 5. The number of hydrogen-bond donors (Lipinski definition) is 2. The molecule has 176 valence electrons. The molecule has 0 bridgehead atoms. The lowest BCUT2D eigenvalue weighted by atomic mass is 9.91. The minimum Gasteiger partial charge on any atom is -0.350 e. The molecule has 3 amide bonds. The smallest absolute Gasteiger partial charge is 0.264 e. The highest BCUT2D eigenvalue weighted by Gasteiger charge is 2.41. The number of nitrogens with one attached hydrogen (secondary N) is 1. The maximum atomic E-state index is 13.8. The second-order valence-corrected chi connectivity index (χ2v) is 9.73. The van der Waals surface area contributed by atoms with Gasteiger partial charge >= 0.3 is 0 Å². The first kappa shape index (κ1) is 23.4. The molecule has 1 saturated heterocycles. The highest BCUT2D eigenvalue weighted by Crippen LogP contribution is 2.23. The van der Waals surface area contributed by atoms with Crippen LogP contribution in [-0.4, -0.2) is 58.9 Å². The van der Waals surface area contributed by atoms with E-state index in [0.717, 1.165) is 36.6 Å². The quantitative estimate of drug-likeness (QED) is 0.699. The van der Waals surface area contributed by atoms with E-state index in [1.165, 1.54) is 39.3 Å². The van der Waals surface area contributed by atoms with Crippen molar-refractivity contribution in [3.05, 3.63) is 58.0 Å². The van der Waals surface area contributed by atoms with Crippen LogP contribution in [0.3, 0.4) is 0 Å². The molecular weight excluding hydrogens is 443 g/mol. The fraction of sp³-hybridized carbons (Fsp3) is 0.458. The van der Waals surface area contributed by atoms with E-state index in [0.29, 0.717) is 19.5 Å². The van der Waals surface area contributed by atoms with Crippen molar-refractivity contribution in [2.24, 2.45) is 5.73 Å². The SMILES string of the molecule is NC1CCC(NC(=O)C2N(C(=O)Cc3cccs3)CCCN2C(=O)c2cccc(F)c2)CC1. The summed E-state index contributed by atoms with van der Waals surface area (Å²) in [6, 6.07) is 9.27.